The van der Waals surface area contributed by atoms with Crippen LogP contribution in [-0.2, 0) is 14.3 Å². The molecule has 6 rings (SSSR count). The Hall–Kier alpha value is -5.25. The van der Waals surface area contributed by atoms with Crippen molar-refractivity contribution in [3.8, 4) is 11.3 Å². The lowest BCUT2D eigenvalue weighted by Gasteiger charge is -2.19. The van der Waals surface area contributed by atoms with E-state index in [1.807, 2.05) is 13.0 Å². The molecule has 2 atom stereocenters. The highest BCUT2D eigenvalue weighted by Gasteiger charge is 2.48. The number of imide groups is 1. The van der Waals surface area contributed by atoms with Gasteiger partial charge >= 0.3 is 5.97 Å². The molecule has 222 valence electrons. The highest BCUT2D eigenvalue weighted by atomic mass is 16.6. The van der Waals surface area contributed by atoms with Crippen molar-refractivity contribution in [2.45, 2.75) is 39.5 Å². The summed E-state index contributed by atoms with van der Waals surface area (Å²) in [5, 5.41) is 11.8. The molecule has 1 aliphatic heterocycles. The maximum atomic E-state index is 13.4. The van der Waals surface area contributed by atoms with Crippen molar-refractivity contribution < 1.29 is 28.8 Å². The van der Waals surface area contributed by atoms with E-state index in [0.29, 0.717) is 33.4 Å². The number of pyridine rings is 1. The van der Waals surface area contributed by atoms with Gasteiger partial charge in [0.1, 0.15) is 0 Å². The number of amides is 2. The average Bonchev–Trinajstić information content (AvgIpc) is 3.28. The molecule has 1 saturated heterocycles. The van der Waals surface area contributed by atoms with Crippen LogP contribution in [-0.4, -0.2) is 40.1 Å². The van der Waals surface area contributed by atoms with E-state index in [0.717, 1.165) is 31.2 Å². The van der Waals surface area contributed by atoms with Crippen molar-refractivity contribution in [2.75, 3.05) is 11.5 Å². The van der Waals surface area contributed by atoms with Gasteiger partial charge in [-0.3, -0.25) is 29.4 Å². The third kappa shape index (κ3) is 5.23. The molecule has 0 N–H and O–H groups in total. The van der Waals surface area contributed by atoms with E-state index in [1.54, 1.807) is 49.4 Å². The summed E-state index contributed by atoms with van der Waals surface area (Å²) >= 11 is 0. The van der Waals surface area contributed by atoms with Crippen molar-refractivity contribution in [2.24, 2.45) is 11.8 Å². The number of nitro groups is 1. The minimum Gasteiger partial charge on any atom is -0.454 e. The van der Waals surface area contributed by atoms with Crippen LogP contribution in [0, 0.1) is 35.8 Å². The minimum absolute atomic E-state index is 0.0699. The molecule has 2 amide bonds. The first kappa shape index (κ1) is 28.9. The zero-order chi connectivity index (χ0) is 31.1. The predicted molar refractivity (Wildman–Crippen MR) is 162 cm³/mol. The Morgan fingerprint density at radius 3 is 2.27 bits per heavy atom. The Morgan fingerprint density at radius 2 is 1.61 bits per heavy atom. The number of fused-ring (bicyclic) bond motifs is 2. The van der Waals surface area contributed by atoms with E-state index in [4.69, 9.17) is 9.72 Å². The molecule has 44 heavy (non-hydrogen) atoms. The van der Waals surface area contributed by atoms with E-state index in [1.165, 1.54) is 23.1 Å². The molecule has 2 fully saturated rings. The standard InChI is InChI=1S/C34H29N3O7/c1-19-7-14-28-26(15-19)27(34(41)44-18-31(38)22-9-8-20(2)30(16-22)37(42)43)17-29(35-28)21-10-12-23(13-11-21)36-32(39)24-5-3-4-6-25(24)33(36)40/h7-17,24-25H,3-6,18H2,1-2H3. The molecule has 1 aliphatic carbocycles. The van der Waals surface area contributed by atoms with E-state index >= 15 is 0 Å². The lowest BCUT2D eigenvalue weighted by atomic mass is 9.81. The Balaban J connectivity index is 1.27. The second-order valence-corrected chi connectivity index (χ2v) is 11.4. The summed E-state index contributed by atoms with van der Waals surface area (Å²) in [5.41, 5.74) is 3.56. The number of aromatic nitrogens is 1. The number of hydrogen-bond donors (Lipinski definition) is 0. The number of esters is 1. The van der Waals surface area contributed by atoms with Crippen LogP contribution >= 0.6 is 0 Å². The highest BCUT2D eigenvalue weighted by Crippen LogP contribution is 2.40. The van der Waals surface area contributed by atoms with Crippen LogP contribution in [0.4, 0.5) is 11.4 Å². The fourth-order valence-corrected chi connectivity index (χ4v) is 6.13. The highest BCUT2D eigenvalue weighted by molar-refractivity contribution is 6.22. The van der Waals surface area contributed by atoms with E-state index in [2.05, 4.69) is 0 Å². The monoisotopic (exact) mass is 591 g/mol. The second-order valence-electron chi connectivity index (χ2n) is 11.4. The number of Topliss-reactive ketones (excluding diaryl/α,β-unsaturated/α-hetero) is 1. The molecule has 1 saturated carbocycles. The number of nitrogens with zero attached hydrogens (tertiary/aromatic N) is 3. The van der Waals surface area contributed by atoms with E-state index < -0.39 is 23.3 Å². The zero-order valence-electron chi connectivity index (χ0n) is 24.2. The first-order chi connectivity index (χ1) is 21.1. The number of nitro benzene ring substituents is 1. The van der Waals surface area contributed by atoms with Crippen molar-refractivity contribution in [3.63, 3.8) is 0 Å². The number of carbonyl (C=O) groups is 4. The van der Waals surface area contributed by atoms with Crippen molar-refractivity contribution in [1.29, 1.82) is 0 Å². The fourth-order valence-electron chi connectivity index (χ4n) is 6.13. The number of carbonyl (C=O) groups excluding carboxylic acids is 4. The van der Waals surface area contributed by atoms with Gasteiger partial charge in [0.2, 0.25) is 17.6 Å². The summed E-state index contributed by atoms with van der Waals surface area (Å²) in [6.45, 7) is 2.86. The molecule has 2 aliphatic rings. The molecule has 10 nitrogen and oxygen atoms in total. The van der Waals surface area contributed by atoms with Gasteiger partial charge in [-0.25, -0.2) is 9.78 Å². The number of rotatable bonds is 7. The van der Waals surface area contributed by atoms with E-state index in [-0.39, 0.29) is 40.5 Å². The summed E-state index contributed by atoms with van der Waals surface area (Å²) < 4.78 is 5.40. The smallest absolute Gasteiger partial charge is 0.339 e. The second kappa shape index (κ2) is 11.4. The van der Waals surface area contributed by atoms with Gasteiger partial charge in [-0.1, -0.05) is 48.7 Å². The predicted octanol–water partition coefficient (Wildman–Crippen LogP) is 6.15. The zero-order valence-corrected chi connectivity index (χ0v) is 24.2. The number of ketones is 1. The van der Waals surface area contributed by atoms with Crippen LogP contribution in [0.2, 0.25) is 0 Å². The van der Waals surface area contributed by atoms with Crippen molar-refractivity contribution in [1.82, 2.24) is 4.98 Å². The fraction of sp³-hybridized carbons (Fsp3) is 0.265. The largest absolute Gasteiger partial charge is 0.454 e. The normalized spacial score (nSPS) is 17.9. The van der Waals surface area contributed by atoms with Gasteiger partial charge in [0.05, 0.1) is 39.2 Å². The molecule has 2 heterocycles. The molecule has 1 aromatic heterocycles. The lowest BCUT2D eigenvalue weighted by Crippen LogP contribution is -2.30. The Bertz CT molecular complexity index is 1840. The van der Waals surface area contributed by atoms with E-state index in [9.17, 15) is 29.3 Å². The van der Waals surface area contributed by atoms with Crippen LogP contribution in [0.5, 0.6) is 0 Å². The van der Waals surface area contributed by atoms with Crippen molar-refractivity contribution >= 4 is 45.8 Å². The Kier molecular flexibility index (Phi) is 7.50. The van der Waals surface area contributed by atoms with Gasteiger partial charge in [0, 0.05) is 28.1 Å². The van der Waals surface area contributed by atoms with Crippen LogP contribution in [0.3, 0.4) is 0 Å². The van der Waals surface area contributed by atoms with Gasteiger partial charge < -0.3 is 4.74 Å². The molecule has 4 aromatic rings. The summed E-state index contributed by atoms with van der Waals surface area (Å²) in [7, 11) is 0. The molecule has 2 unspecified atom stereocenters. The summed E-state index contributed by atoms with van der Waals surface area (Å²) in [6, 6.07) is 18.1. The van der Waals surface area contributed by atoms with Gasteiger partial charge in [-0.15, -0.1) is 0 Å². The average molecular weight is 592 g/mol. The first-order valence-electron chi connectivity index (χ1n) is 14.5. The SMILES string of the molecule is Cc1ccc2nc(-c3ccc(N4C(=O)C5CCCCC5C4=O)cc3)cc(C(=O)OCC(=O)c3ccc(C)c([N+](=O)[O-])c3)c2c1. The first-order valence-corrected chi connectivity index (χ1v) is 14.5. The molecular formula is C34H29N3O7. The van der Waals surface area contributed by atoms with Crippen molar-refractivity contribution in [3.05, 3.63) is 99.1 Å². The van der Waals surface area contributed by atoms with Gasteiger partial charge in [0.15, 0.2) is 6.61 Å². The Labute approximate surface area is 252 Å². The van der Waals surface area contributed by atoms with Gasteiger partial charge in [-0.2, -0.15) is 0 Å². The lowest BCUT2D eigenvalue weighted by molar-refractivity contribution is -0.385. The topological polar surface area (TPSA) is 137 Å². The summed E-state index contributed by atoms with van der Waals surface area (Å²) in [6.07, 6.45) is 3.38. The van der Waals surface area contributed by atoms with Gasteiger partial charge in [0.25, 0.3) is 5.69 Å². The third-order valence-electron chi connectivity index (χ3n) is 8.51. The number of hydrogen-bond acceptors (Lipinski definition) is 8. The number of anilines is 1. The number of benzene rings is 3. The number of ether oxygens (including phenoxy) is 1. The maximum absolute atomic E-state index is 13.4. The summed E-state index contributed by atoms with van der Waals surface area (Å²) in [5.74, 6) is -2.10. The quantitative estimate of drug-likeness (QED) is 0.0821. The third-order valence-corrected chi connectivity index (χ3v) is 8.51. The van der Waals surface area contributed by atoms with Crippen LogP contribution in [0.25, 0.3) is 22.2 Å². The van der Waals surface area contributed by atoms with Crippen LogP contribution < -0.4 is 4.90 Å². The maximum Gasteiger partial charge on any atom is 0.339 e. The molecule has 3 aromatic carbocycles. The van der Waals surface area contributed by atoms with Crippen LogP contribution in [0.1, 0.15) is 57.5 Å². The molecule has 0 radical (unpaired) electrons. The number of aryl methyl sites for hydroxylation is 2. The molecular weight excluding hydrogens is 562 g/mol. The molecule has 0 spiro atoms. The summed E-state index contributed by atoms with van der Waals surface area (Å²) in [4.78, 5) is 69.0. The Morgan fingerprint density at radius 1 is 0.932 bits per heavy atom. The van der Waals surface area contributed by atoms with Crippen LogP contribution in [0.15, 0.2) is 66.7 Å². The molecule has 0 bridgehead atoms. The van der Waals surface area contributed by atoms with Gasteiger partial charge in [-0.05, 0) is 57.0 Å². The minimum atomic E-state index is -0.744. The molecule has 10 heteroatoms.